The maximum absolute atomic E-state index is 12.8. The summed E-state index contributed by atoms with van der Waals surface area (Å²) in [6.07, 6.45) is 6.10. The number of carboxylic acid groups (broad SMARTS) is 1. The van der Waals surface area contributed by atoms with Crippen molar-refractivity contribution in [3.05, 3.63) is 58.1 Å². The van der Waals surface area contributed by atoms with Gasteiger partial charge in [-0.15, -0.1) is 0 Å². The molecule has 0 aliphatic carbocycles. The van der Waals surface area contributed by atoms with Gasteiger partial charge in [0.25, 0.3) is 5.91 Å². The van der Waals surface area contributed by atoms with Gasteiger partial charge in [-0.25, -0.2) is 4.79 Å². The summed E-state index contributed by atoms with van der Waals surface area (Å²) in [7, 11) is 0. The molecule has 2 aromatic carbocycles. The summed E-state index contributed by atoms with van der Waals surface area (Å²) in [5.41, 5.74) is 2.12. The molecule has 2 N–H and O–H groups in total. The highest BCUT2D eigenvalue weighted by atomic mass is 79.9. The third kappa shape index (κ3) is 5.28. The largest absolute Gasteiger partial charge is 0.478 e. The van der Waals surface area contributed by atoms with Gasteiger partial charge in [-0.1, -0.05) is 22.4 Å². The second-order valence-corrected chi connectivity index (χ2v) is 9.23. The van der Waals surface area contributed by atoms with Crippen molar-refractivity contribution in [1.82, 2.24) is 4.90 Å². The number of nitrogens with one attached hydrogen (secondary N) is 1. The predicted octanol–water partition coefficient (Wildman–Crippen LogP) is 4.85. The van der Waals surface area contributed by atoms with E-state index in [-0.39, 0.29) is 11.5 Å². The molecule has 164 valence electrons. The van der Waals surface area contributed by atoms with Gasteiger partial charge in [-0.2, -0.15) is 0 Å². The number of nitrogens with zero attached hydrogens (tertiary/aromatic N) is 2. The number of carboxylic acids is 1. The summed E-state index contributed by atoms with van der Waals surface area (Å²) in [5, 5.41) is 12.4. The normalized spacial score (nSPS) is 18.0. The number of hydrogen-bond acceptors (Lipinski definition) is 4. The first-order valence-electron chi connectivity index (χ1n) is 10.9. The molecule has 0 atom stereocenters. The Kier molecular flexibility index (Phi) is 6.92. The smallest absolute Gasteiger partial charge is 0.335 e. The van der Waals surface area contributed by atoms with Crippen molar-refractivity contribution in [1.29, 1.82) is 0 Å². The molecule has 0 aromatic heterocycles. The quantitative estimate of drug-likeness (QED) is 0.632. The lowest BCUT2D eigenvalue weighted by atomic mass is 9.99. The Hall–Kier alpha value is -2.38. The molecule has 2 aliphatic heterocycles. The van der Waals surface area contributed by atoms with Crippen molar-refractivity contribution in [2.75, 3.05) is 36.4 Å². The topological polar surface area (TPSA) is 72.9 Å². The zero-order valence-electron chi connectivity index (χ0n) is 17.5. The number of amides is 1. The lowest BCUT2D eigenvalue weighted by molar-refractivity contribution is 0.0696. The van der Waals surface area contributed by atoms with E-state index in [0.717, 1.165) is 36.1 Å². The average Bonchev–Trinajstić information content (AvgIpc) is 2.80. The van der Waals surface area contributed by atoms with E-state index in [0.29, 0.717) is 17.3 Å². The molecule has 31 heavy (non-hydrogen) atoms. The van der Waals surface area contributed by atoms with Crippen LogP contribution in [0.2, 0.25) is 0 Å². The number of anilines is 2. The molecule has 4 rings (SSSR count). The van der Waals surface area contributed by atoms with E-state index in [2.05, 4.69) is 31.0 Å². The van der Waals surface area contributed by atoms with E-state index < -0.39 is 5.97 Å². The Labute approximate surface area is 191 Å². The van der Waals surface area contributed by atoms with Gasteiger partial charge in [0.2, 0.25) is 0 Å². The van der Waals surface area contributed by atoms with Gasteiger partial charge < -0.3 is 20.2 Å². The zero-order valence-corrected chi connectivity index (χ0v) is 19.1. The number of hydrogen-bond donors (Lipinski definition) is 2. The summed E-state index contributed by atoms with van der Waals surface area (Å²) < 4.78 is 0.897. The number of carbonyl (C=O) groups excluding carboxylic acids is 1. The first kappa shape index (κ1) is 21.8. The van der Waals surface area contributed by atoms with Gasteiger partial charge in [0, 0.05) is 29.2 Å². The standard InChI is InChI=1S/C24H28BrN3O3/c25-19-7-4-17(5-8-19)23(29)26-21-16-18(24(30)31)6-9-22(21)28-14-10-20(11-15-28)27-12-2-1-3-13-27/h4-9,16,20H,1-3,10-15H2,(H,26,29)(H,30,31). The van der Waals surface area contributed by atoms with Crippen molar-refractivity contribution in [3.63, 3.8) is 0 Å². The fraction of sp³-hybridized carbons (Fsp3) is 0.417. The van der Waals surface area contributed by atoms with E-state index in [1.54, 1.807) is 24.3 Å². The Balaban J connectivity index is 1.51. The Bertz CT molecular complexity index is 934. The molecule has 2 aliphatic rings. The third-order valence-electron chi connectivity index (χ3n) is 6.31. The van der Waals surface area contributed by atoms with E-state index in [9.17, 15) is 14.7 Å². The molecular weight excluding hydrogens is 458 g/mol. The maximum atomic E-state index is 12.8. The van der Waals surface area contributed by atoms with Crippen molar-refractivity contribution in [3.8, 4) is 0 Å². The lowest BCUT2D eigenvalue weighted by Crippen LogP contribution is -2.46. The highest BCUT2D eigenvalue weighted by Gasteiger charge is 2.27. The van der Waals surface area contributed by atoms with Crippen LogP contribution in [0.25, 0.3) is 0 Å². The van der Waals surface area contributed by atoms with E-state index in [1.807, 2.05) is 18.2 Å². The number of piperidine rings is 2. The molecule has 0 unspecified atom stereocenters. The average molecular weight is 486 g/mol. The monoisotopic (exact) mass is 485 g/mol. The van der Waals surface area contributed by atoms with Crippen molar-refractivity contribution >= 4 is 39.2 Å². The van der Waals surface area contributed by atoms with Gasteiger partial charge in [-0.05, 0) is 81.2 Å². The van der Waals surface area contributed by atoms with Crippen LogP contribution in [-0.4, -0.2) is 54.1 Å². The minimum absolute atomic E-state index is 0.165. The summed E-state index contributed by atoms with van der Waals surface area (Å²) in [4.78, 5) is 29.2. The molecule has 0 saturated carbocycles. The Morgan fingerprint density at radius 1 is 0.903 bits per heavy atom. The van der Waals surface area contributed by atoms with Gasteiger partial charge in [0.1, 0.15) is 0 Å². The van der Waals surface area contributed by atoms with Crippen LogP contribution in [-0.2, 0) is 0 Å². The molecule has 0 bridgehead atoms. The maximum Gasteiger partial charge on any atom is 0.335 e. The van der Waals surface area contributed by atoms with Crippen molar-refractivity contribution in [2.24, 2.45) is 0 Å². The van der Waals surface area contributed by atoms with Crippen LogP contribution >= 0.6 is 15.9 Å². The zero-order chi connectivity index (χ0) is 21.8. The molecular formula is C24H28BrN3O3. The highest BCUT2D eigenvalue weighted by Crippen LogP contribution is 2.32. The summed E-state index contributed by atoms with van der Waals surface area (Å²) in [5.74, 6) is -1.26. The first-order chi connectivity index (χ1) is 15.0. The first-order valence-corrected chi connectivity index (χ1v) is 11.7. The van der Waals surface area contributed by atoms with E-state index in [1.165, 1.54) is 32.4 Å². The number of rotatable bonds is 5. The second-order valence-electron chi connectivity index (χ2n) is 8.31. The Morgan fingerprint density at radius 3 is 2.19 bits per heavy atom. The summed E-state index contributed by atoms with van der Waals surface area (Å²) >= 11 is 3.38. The molecule has 2 saturated heterocycles. The summed E-state index contributed by atoms with van der Waals surface area (Å²) in [6, 6.07) is 12.7. The van der Waals surface area contributed by atoms with Crippen molar-refractivity contribution in [2.45, 2.75) is 38.1 Å². The van der Waals surface area contributed by atoms with Gasteiger partial charge >= 0.3 is 5.97 Å². The number of aromatic carboxylic acids is 1. The molecule has 0 spiro atoms. The molecule has 0 radical (unpaired) electrons. The molecule has 2 aromatic rings. The van der Waals surface area contributed by atoms with Crippen LogP contribution < -0.4 is 10.2 Å². The van der Waals surface area contributed by atoms with Gasteiger partial charge in [-0.3, -0.25) is 4.79 Å². The molecule has 6 nitrogen and oxygen atoms in total. The number of halogens is 1. The molecule has 2 heterocycles. The highest BCUT2D eigenvalue weighted by molar-refractivity contribution is 9.10. The van der Waals surface area contributed by atoms with Crippen LogP contribution in [0.15, 0.2) is 46.9 Å². The predicted molar refractivity (Wildman–Crippen MR) is 126 cm³/mol. The van der Waals surface area contributed by atoms with Crippen molar-refractivity contribution < 1.29 is 14.7 Å². The van der Waals surface area contributed by atoms with Crippen LogP contribution in [0.1, 0.15) is 52.8 Å². The SMILES string of the molecule is O=C(O)c1ccc(N2CCC(N3CCCCC3)CC2)c(NC(=O)c2ccc(Br)cc2)c1. The fourth-order valence-electron chi connectivity index (χ4n) is 4.60. The number of benzene rings is 2. The third-order valence-corrected chi connectivity index (χ3v) is 6.84. The van der Waals surface area contributed by atoms with Crippen LogP contribution in [0.4, 0.5) is 11.4 Å². The fourth-order valence-corrected chi connectivity index (χ4v) is 4.86. The lowest BCUT2D eigenvalue weighted by Gasteiger charge is -2.41. The molecule has 7 heteroatoms. The van der Waals surface area contributed by atoms with Crippen LogP contribution in [0.3, 0.4) is 0 Å². The van der Waals surface area contributed by atoms with E-state index in [4.69, 9.17) is 0 Å². The number of carbonyl (C=O) groups is 2. The van der Waals surface area contributed by atoms with E-state index >= 15 is 0 Å². The molecule has 1 amide bonds. The van der Waals surface area contributed by atoms with Gasteiger partial charge in [0.05, 0.1) is 16.9 Å². The van der Waals surface area contributed by atoms with Crippen LogP contribution in [0, 0.1) is 0 Å². The molecule has 2 fully saturated rings. The minimum atomic E-state index is -1.01. The second kappa shape index (κ2) is 9.83. The summed E-state index contributed by atoms with van der Waals surface area (Å²) in [6.45, 7) is 4.20. The minimum Gasteiger partial charge on any atom is -0.478 e. The van der Waals surface area contributed by atoms with Gasteiger partial charge in [0.15, 0.2) is 0 Å². The van der Waals surface area contributed by atoms with Crippen LogP contribution in [0.5, 0.6) is 0 Å². The number of likely N-dealkylation sites (tertiary alicyclic amines) is 1. The Morgan fingerprint density at radius 2 is 1.55 bits per heavy atom.